The van der Waals surface area contributed by atoms with Crippen LogP contribution in [0, 0.1) is 5.92 Å². The molecule has 0 saturated heterocycles. The quantitative estimate of drug-likeness (QED) is 0.755. The molecular weight excluding hydrogens is 356 g/mol. The topological polar surface area (TPSA) is 92.8 Å². The number of amides is 1. The normalized spacial score (nSPS) is 20.4. The molecule has 1 aromatic rings. The van der Waals surface area contributed by atoms with E-state index in [0.29, 0.717) is 23.6 Å². The van der Waals surface area contributed by atoms with E-state index >= 15 is 0 Å². The number of sulfonamides is 1. The lowest BCUT2D eigenvalue weighted by atomic mass is 10.1. The fourth-order valence-electron chi connectivity index (χ4n) is 3.46. The molecular formula is C18H24N2O5S. The van der Waals surface area contributed by atoms with Crippen molar-refractivity contribution in [2.24, 2.45) is 5.92 Å². The summed E-state index contributed by atoms with van der Waals surface area (Å²) < 4.78 is 30.3. The lowest BCUT2D eigenvalue weighted by molar-refractivity contribution is -0.124. The maximum Gasteiger partial charge on any atom is 0.338 e. The maximum atomic E-state index is 12.2. The van der Waals surface area contributed by atoms with E-state index in [2.05, 4.69) is 5.32 Å². The first kappa shape index (κ1) is 18.7. The highest BCUT2D eigenvalue weighted by atomic mass is 32.2. The molecule has 1 heterocycles. The van der Waals surface area contributed by atoms with Gasteiger partial charge in [0.25, 0.3) is 5.91 Å². The Bertz CT molecular complexity index is 832. The number of anilines is 1. The number of nitrogens with zero attached hydrogens (tertiary/aromatic N) is 1. The van der Waals surface area contributed by atoms with Crippen LogP contribution < -0.4 is 9.62 Å². The average molecular weight is 380 g/mol. The van der Waals surface area contributed by atoms with Crippen LogP contribution >= 0.6 is 0 Å². The highest BCUT2D eigenvalue weighted by Crippen LogP contribution is 2.35. The van der Waals surface area contributed by atoms with E-state index in [1.165, 1.54) is 16.6 Å². The number of ether oxygens (including phenoxy) is 1. The van der Waals surface area contributed by atoms with Crippen molar-refractivity contribution in [2.45, 2.75) is 45.2 Å². The summed E-state index contributed by atoms with van der Waals surface area (Å²) in [7, 11) is -3.37. The molecule has 0 spiro atoms. The van der Waals surface area contributed by atoms with Gasteiger partial charge in [0.2, 0.25) is 10.0 Å². The Kier molecular flexibility index (Phi) is 4.96. The van der Waals surface area contributed by atoms with Crippen LogP contribution in [0.2, 0.25) is 0 Å². The summed E-state index contributed by atoms with van der Waals surface area (Å²) in [6, 6.07) is 4.70. The van der Waals surface area contributed by atoms with Gasteiger partial charge in [0.1, 0.15) is 0 Å². The predicted octanol–water partition coefficient (Wildman–Crippen LogP) is 1.47. The Hall–Kier alpha value is -2.09. The van der Waals surface area contributed by atoms with Crippen molar-refractivity contribution < 1.29 is 22.7 Å². The van der Waals surface area contributed by atoms with Gasteiger partial charge in [-0.05, 0) is 62.8 Å². The van der Waals surface area contributed by atoms with E-state index in [4.69, 9.17) is 4.74 Å². The molecule has 0 radical (unpaired) electrons. The van der Waals surface area contributed by atoms with Gasteiger partial charge < -0.3 is 10.1 Å². The zero-order chi connectivity index (χ0) is 19.1. The first-order valence-electron chi connectivity index (χ1n) is 8.75. The molecule has 2 aliphatic rings. The summed E-state index contributed by atoms with van der Waals surface area (Å²) in [4.78, 5) is 24.1. The number of hydrogen-bond acceptors (Lipinski definition) is 5. The summed E-state index contributed by atoms with van der Waals surface area (Å²) in [6.45, 7) is 3.45. The third-order valence-corrected chi connectivity index (χ3v) is 6.15. The Morgan fingerprint density at radius 1 is 1.35 bits per heavy atom. The fraction of sp³-hybridized carbons (Fsp3) is 0.556. The van der Waals surface area contributed by atoms with Crippen molar-refractivity contribution in [3.63, 3.8) is 0 Å². The third kappa shape index (κ3) is 4.00. The standard InChI is InChI=1S/C18H24N2O5S/c1-11-8-15-9-14(6-7-16(15)20(11)26(3,23)24)18(22)25-10-17(21)19-12(2)13-4-5-13/h6-7,9,11-13H,4-5,8,10H2,1-3H3,(H,19,21)/t11-,12+/m1/s1. The van der Waals surface area contributed by atoms with E-state index in [0.717, 1.165) is 18.4 Å². The van der Waals surface area contributed by atoms with E-state index in [-0.39, 0.29) is 24.6 Å². The van der Waals surface area contributed by atoms with E-state index in [1.54, 1.807) is 12.1 Å². The van der Waals surface area contributed by atoms with Crippen LogP contribution in [0.3, 0.4) is 0 Å². The van der Waals surface area contributed by atoms with Gasteiger partial charge in [-0.3, -0.25) is 9.10 Å². The predicted molar refractivity (Wildman–Crippen MR) is 97.5 cm³/mol. The SMILES string of the molecule is C[C@H](NC(=O)COC(=O)c1ccc2c(c1)C[C@@H](C)N2S(C)(=O)=O)C1CC1. The molecule has 2 atom stereocenters. The molecule has 0 bridgehead atoms. The van der Waals surface area contributed by atoms with Crippen LogP contribution in [0.15, 0.2) is 18.2 Å². The van der Waals surface area contributed by atoms with Gasteiger partial charge in [-0.1, -0.05) is 0 Å². The van der Waals surface area contributed by atoms with Gasteiger partial charge in [0.15, 0.2) is 6.61 Å². The fourth-order valence-corrected chi connectivity index (χ4v) is 4.72. The van der Waals surface area contributed by atoms with Crippen LogP contribution in [0.1, 0.15) is 42.6 Å². The Morgan fingerprint density at radius 2 is 2.04 bits per heavy atom. The van der Waals surface area contributed by atoms with Gasteiger partial charge in [-0.25, -0.2) is 13.2 Å². The van der Waals surface area contributed by atoms with E-state index in [9.17, 15) is 18.0 Å². The maximum absolute atomic E-state index is 12.2. The van der Waals surface area contributed by atoms with Crippen LogP contribution in [0.25, 0.3) is 0 Å². The molecule has 1 aromatic carbocycles. The van der Waals surface area contributed by atoms with Crippen molar-refractivity contribution in [3.8, 4) is 0 Å². The summed E-state index contributed by atoms with van der Waals surface area (Å²) in [5.41, 5.74) is 1.69. The van der Waals surface area contributed by atoms with E-state index < -0.39 is 16.0 Å². The molecule has 1 aliphatic heterocycles. The third-order valence-electron chi connectivity index (χ3n) is 4.88. The summed E-state index contributed by atoms with van der Waals surface area (Å²) in [5, 5.41) is 2.83. The number of fused-ring (bicyclic) bond motifs is 1. The molecule has 8 heteroatoms. The molecule has 1 fully saturated rings. The highest BCUT2D eigenvalue weighted by Gasteiger charge is 2.33. The van der Waals surface area contributed by atoms with Gasteiger partial charge >= 0.3 is 5.97 Å². The minimum absolute atomic E-state index is 0.102. The second kappa shape index (κ2) is 6.90. The summed E-state index contributed by atoms with van der Waals surface area (Å²) in [5.74, 6) is -0.366. The number of rotatable bonds is 6. The monoisotopic (exact) mass is 380 g/mol. The van der Waals surface area contributed by atoms with Crippen molar-refractivity contribution in [1.29, 1.82) is 0 Å². The lowest BCUT2D eigenvalue weighted by Crippen LogP contribution is -2.37. The molecule has 1 saturated carbocycles. The zero-order valence-electron chi connectivity index (χ0n) is 15.2. The van der Waals surface area contributed by atoms with Crippen LogP contribution in [0.5, 0.6) is 0 Å². The summed E-state index contributed by atoms with van der Waals surface area (Å²) in [6.07, 6.45) is 3.95. The molecule has 0 aromatic heterocycles. The Balaban J connectivity index is 1.62. The molecule has 142 valence electrons. The number of esters is 1. The lowest BCUT2D eigenvalue weighted by Gasteiger charge is -2.21. The zero-order valence-corrected chi connectivity index (χ0v) is 16.0. The molecule has 7 nitrogen and oxygen atoms in total. The first-order chi connectivity index (χ1) is 12.2. The van der Waals surface area contributed by atoms with Crippen LogP contribution in [0.4, 0.5) is 5.69 Å². The van der Waals surface area contributed by atoms with Crippen molar-refractivity contribution in [1.82, 2.24) is 5.32 Å². The molecule has 1 amide bonds. The Labute approximate surface area is 153 Å². The first-order valence-corrected chi connectivity index (χ1v) is 10.6. The van der Waals surface area contributed by atoms with Crippen LogP contribution in [-0.2, 0) is 26.0 Å². The number of carbonyl (C=O) groups excluding carboxylic acids is 2. The van der Waals surface area contributed by atoms with Gasteiger partial charge in [-0.2, -0.15) is 0 Å². The highest BCUT2D eigenvalue weighted by molar-refractivity contribution is 7.92. The van der Waals surface area contributed by atoms with Crippen molar-refractivity contribution >= 4 is 27.6 Å². The molecule has 26 heavy (non-hydrogen) atoms. The van der Waals surface area contributed by atoms with Gasteiger partial charge in [0, 0.05) is 12.1 Å². The largest absolute Gasteiger partial charge is 0.452 e. The van der Waals surface area contributed by atoms with Gasteiger partial charge in [-0.15, -0.1) is 0 Å². The second-order valence-corrected chi connectivity index (χ2v) is 9.08. The van der Waals surface area contributed by atoms with Gasteiger partial charge in [0.05, 0.1) is 17.5 Å². The molecule has 1 aliphatic carbocycles. The molecule has 1 N–H and O–H groups in total. The summed E-state index contributed by atoms with van der Waals surface area (Å²) >= 11 is 0. The molecule has 0 unspecified atom stereocenters. The number of benzene rings is 1. The number of nitrogens with one attached hydrogen (secondary N) is 1. The minimum Gasteiger partial charge on any atom is -0.452 e. The van der Waals surface area contributed by atoms with E-state index in [1.807, 2.05) is 13.8 Å². The van der Waals surface area contributed by atoms with Crippen molar-refractivity contribution in [3.05, 3.63) is 29.3 Å². The van der Waals surface area contributed by atoms with Crippen LogP contribution in [-0.4, -0.2) is 45.2 Å². The van der Waals surface area contributed by atoms with Crippen molar-refractivity contribution in [2.75, 3.05) is 17.2 Å². The number of carbonyl (C=O) groups is 2. The Morgan fingerprint density at radius 3 is 2.65 bits per heavy atom. The second-order valence-electron chi connectivity index (χ2n) is 7.23. The average Bonchev–Trinajstić information content (AvgIpc) is 3.33. The minimum atomic E-state index is -3.37. The molecule has 3 rings (SSSR count). The smallest absolute Gasteiger partial charge is 0.338 e. The number of hydrogen-bond donors (Lipinski definition) is 1.